The van der Waals surface area contributed by atoms with Crippen molar-refractivity contribution in [2.75, 3.05) is 23.0 Å². The van der Waals surface area contributed by atoms with E-state index in [9.17, 15) is 0 Å². The predicted molar refractivity (Wildman–Crippen MR) is 393 cm³/mol. The number of nitrogens with zero attached hydrogens (tertiary/aromatic N) is 2. The molecule has 1 saturated carbocycles. The molecule has 4 heteroatoms. The zero-order valence-corrected chi connectivity index (χ0v) is 53.2. The smallest absolute Gasteiger partial charge is 0.119 e. The lowest BCUT2D eigenvalue weighted by Gasteiger charge is -2.42. The molecule has 95 heavy (non-hydrogen) atoms. The monoisotopic (exact) mass is 1220 g/mol. The zero-order chi connectivity index (χ0) is 63.7. The van der Waals surface area contributed by atoms with E-state index < -0.39 is 5.41 Å². The molecule has 6 atom stereocenters. The Bertz CT molecular complexity index is 4830. The second kappa shape index (κ2) is 25.2. The van der Waals surface area contributed by atoms with Crippen molar-refractivity contribution in [2.45, 2.75) is 17.8 Å². The van der Waals surface area contributed by atoms with Crippen LogP contribution in [0, 0.1) is 23.7 Å². The predicted octanol–water partition coefficient (Wildman–Crippen LogP) is 22.7. The fraction of sp³-hybridized carbons (Fsp3) is 0.0989. The summed E-state index contributed by atoms with van der Waals surface area (Å²) in [7, 11) is 0. The summed E-state index contributed by atoms with van der Waals surface area (Å²) in [4.78, 5) is 4.88. The van der Waals surface area contributed by atoms with Crippen LogP contribution >= 0.6 is 0 Å². The molecule has 0 radical (unpaired) electrons. The largest absolute Gasteiger partial charge is 0.494 e. The molecule has 0 aromatic heterocycles. The van der Waals surface area contributed by atoms with E-state index in [4.69, 9.17) is 9.47 Å². The molecule has 458 valence electrons. The third-order valence-electron chi connectivity index (χ3n) is 20.3. The summed E-state index contributed by atoms with van der Waals surface area (Å²) in [6.45, 7) is 7.01. The van der Waals surface area contributed by atoms with Crippen molar-refractivity contribution in [2.24, 2.45) is 23.7 Å². The molecule has 4 nitrogen and oxygen atoms in total. The Hall–Kier alpha value is -11.5. The Balaban J connectivity index is 0.792. The molecule has 4 aliphatic carbocycles. The Morgan fingerprint density at radius 1 is 0.368 bits per heavy atom. The number of hydrogen-bond acceptors (Lipinski definition) is 4. The number of fused-ring (bicyclic) bond motifs is 6. The highest BCUT2D eigenvalue weighted by Crippen LogP contribution is 2.64. The van der Waals surface area contributed by atoms with Gasteiger partial charge in [-0.1, -0.05) is 274 Å². The summed E-state index contributed by atoms with van der Waals surface area (Å²) in [6, 6.07) is 114. The second-order valence-corrected chi connectivity index (χ2v) is 25.2. The minimum Gasteiger partial charge on any atom is -0.494 e. The molecule has 0 saturated heterocycles. The van der Waals surface area contributed by atoms with Gasteiger partial charge in [-0.3, -0.25) is 0 Å². The number of ether oxygens (including phenoxy) is 2. The number of allylic oxidation sites excluding steroid dienone is 7. The summed E-state index contributed by atoms with van der Waals surface area (Å²) in [5, 5.41) is 0. The Morgan fingerprint density at radius 3 is 1.34 bits per heavy atom. The van der Waals surface area contributed by atoms with Crippen LogP contribution in [0.1, 0.15) is 40.3 Å². The average Bonchev–Trinajstić information content (AvgIpc) is 1.56. The summed E-state index contributed by atoms with van der Waals surface area (Å²) in [6.07, 6.45) is 18.8. The highest BCUT2D eigenvalue weighted by Gasteiger charge is 2.60. The van der Waals surface area contributed by atoms with Crippen molar-refractivity contribution in [1.82, 2.24) is 0 Å². The van der Waals surface area contributed by atoms with Crippen molar-refractivity contribution < 1.29 is 9.47 Å². The molecule has 12 aromatic carbocycles. The lowest BCUT2D eigenvalue weighted by atomic mass is 9.61. The van der Waals surface area contributed by atoms with Gasteiger partial charge in [-0.25, -0.2) is 0 Å². The van der Waals surface area contributed by atoms with E-state index in [-0.39, 0.29) is 23.2 Å². The van der Waals surface area contributed by atoms with Crippen LogP contribution < -0.4 is 19.3 Å². The molecular formula is C91H72N2O2. The first-order valence-electron chi connectivity index (χ1n) is 33.3. The number of hydrogen-bond donors (Lipinski definition) is 0. The van der Waals surface area contributed by atoms with Crippen LogP contribution in [-0.4, -0.2) is 13.2 Å². The van der Waals surface area contributed by atoms with Gasteiger partial charge in [0.15, 0.2) is 0 Å². The quantitative estimate of drug-likeness (QED) is 0.0800. The highest BCUT2D eigenvalue weighted by molar-refractivity contribution is 5.90. The molecule has 0 N–H and O–H groups in total. The topological polar surface area (TPSA) is 24.9 Å². The van der Waals surface area contributed by atoms with E-state index in [1.165, 1.54) is 66.8 Å². The van der Waals surface area contributed by atoms with E-state index in [0.29, 0.717) is 19.1 Å². The standard InChI is InChI=1S/C91H72N2O2/c1-3-61-95-81-57-43-73(44-58-81)91(71-27-15-8-16-28-71)87-32-20-18-30-83(87)85-60-54-79(63-89(85)91)93(75-47-35-67(36-48-75)65-23-11-6-12-24-65)77-51-39-69(40-52-77)68-37-49-76(50-38-68)92(74-45-33-66(34-46-74)64-21-9-5-10-22-64)78-53-59-84-82-29-17-19-31-86(82)90(88(84)62-78,70-25-13-7-14-26-70)72-41-55-80(56-42-72)94-4-2/h3,5-60,62-63,82,84,86,88H,1,4,61H2,2H3. The molecule has 12 aromatic rings. The summed E-state index contributed by atoms with van der Waals surface area (Å²) in [5.41, 5.74) is 22.4. The maximum atomic E-state index is 6.07. The fourth-order valence-corrected chi connectivity index (χ4v) is 16.2. The van der Waals surface area contributed by atoms with Crippen LogP contribution in [0.5, 0.6) is 11.5 Å². The zero-order valence-electron chi connectivity index (χ0n) is 53.2. The van der Waals surface area contributed by atoms with E-state index >= 15 is 0 Å². The first-order chi connectivity index (χ1) is 47.0. The number of benzene rings is 12. The van der Waals surface area contributed by atoms with E-state index in [1.54, 1.807) is 6.08 Å². The van der Waals surface area contributed by atoms with Crippen LogP contribution in [0.3, 0.4) is 0 Å². The number of anilines is 5. The molecule has 16 rings (SSSR count). The summed E-state index contributed by atoms with van der Waals surface area (Å²) in [5.74, 6) is 2.62. The molecule has 0 amide bonds. The van der Waals surface area contributed by atoms with Crippen molar-refractivity contribution >= 4 is 28.4 Å². The van der Waals surface area contributed by atoms with Crippen LogP contribution in [-0.2, 0) is 10.8 Å². The maximum Gasteiger partial charge on any atom is 0.119 e. The summed E-state index contributed by atoms with van der Waals surface area (Å²) < 4.78 is 12.1. The van der Waals surface area contributed by atoms with Gasteiger partial charge in [0.2, 0.25) is 0 Å². The van der Waals surface area contributed by atoms with E-state index in [2.05, 4.69) is 368 Å². The first kappa shape index (κ1) is 58.6. The molecule has 0 bridgehead atoms. The fourth-order valence-electron chi connectivity index (χ4n) is 16.2. The number of rotatable bonds is 18. The van der Waals surface area contributed by atoms with Crippen molar-refractivity contribution in [3.8, 4) is 56.0 Å². The Kier molecular flexibility index (Phi) is 15.6. The molecule has 6 unspecified atom stereocenters. The molecule has 4 aliphatic rings. The van der Waals surface area contributed by atoms with Crippen LogP contribution in [0.2, 0.25) is 0 Å². The Labute approximate surface area is 558 Å². The van der Waals surface area contributed by atoms with Crippen LogP contribution in [0.25, 0.3) is 44.5 Å². The summed E-state index contributed by atoms with van der Waals surface area (Å²) >= 11 is 0. The van der Waals surface area contributed by atoms with Crippen molar-refractivity contribution in [3.05, 3.63) is 404 Å². The van der Waals surface area contributed by atoms with Gasteiger partial charge in [0, 0.05) is 45.5 Å². The first-order valence-corrected chi connectivity index (χ1v) is 33.3. The van der Waals surface area contributed by atoms with Gasteiger partial charge >= 0.3 is 0 Å². The molecule has 0 spiro atoms. The van der Waals surface area contributed by atoms with Gasteiger partial charge in [0.25, 0.3) is 0 Å². The van der Waals surface area contributed by atoms with Crippen molar-refractivity contribution in [3.63, 3.8) is 0 Å². The Morgan fingerprint density at radius 2 is 0.789 bits per heavy atom. The minimum absolute atomic E-state index is 0.121. The van der Waals surface area contributed by atoms with Gasteiger partial charge in [-0.15, -0.1) is 0 Å². The van der Waals surface area contributed by atoms with Crippen LogP contribution in [0.15, 0.2) is 370 Å². The van der Waals surface area contributed by atoms with Crippen molar-refractivity contribution in [1.29, 1.82) is 0 Å². The molecular weight excluding hydrogens is 1150 g/mol. The third kappa shape index (κ3) is 10.3. The van der Waals surface area contributed by atoms with Gasteiger partial charge in [0.05, 0.1) is 12.0 Å². The van der Waals surface area contributed by atoms with Crippen LogP contribution in [0.4, 0.5) is 28.4 Å². The lowest BCUT2D eigenvalue weighted by molar-refractivity contribution is 0.337. The third-order valence-corrected chi connectivity index (χ3v) is 20.3. The molecule has 0 heterocycles. The minimum atomic E-state index is -0.625. The van der Waals surface area contributed by atoms with Gasteiger partial charge in [0.1, 0.15) is 18.1 Å². The van der Waals surface area contributed by atoms with E-state index in [0.717, 1.165) is 56.8 Å². The normalized spacial score (nSPS) is 19.4. The van der Waals surface area contributed by atoms with Gasteiger partial charge in [-0.05, 0) is 194 Å². The lowest BCUT2D eigenvalue weighted by Crippen LogP contribution is -2.39. The SMILES string of the molecule is C=CCOc1ccc(C2(c3ccccc3)c3ccccc3-c3ccc(N(c4ccc(-c5ccccc5)cc4)c4ccc(-c5ccc(N(C6=CC7C(C=C6)C6C=CC=CC6C7(c6ccccc6)c6ccc(OCC)cc6)c6ccc(-c7ccccc7)cc6)cc5)cc4)cc32)cc1. The maximum absolute atomic E-state index is 6.07. The van der Waals surface area contributed by atoms with Gasteiger partial charge in [-0.2, -0.15) is 0 Å². The van der Waals surface area contributed by atoms with Gasteiger partial charge < -0.3 is 19.3 Å². The average molecular weight is 1230 g/mol. The second-order valence-electron chi connectivity index (χ2n) is 25.2. The molecule has 0 aliphatic heterocycles. The van der Waals surface area contributed by atoms with E-state index in [1.807, 2.05) is 6.92 Å². The highest BCUT2D eigenvalue weighted by atomic mass is 16.5. The molecule has 1 fully saturated rings.